The summed E-state index contributed by atoms with van der Waals surface area (Å²) in [6, 6.07) is 14.1. The molecule has 0 radical (unpaired) electrons. The van der Waals surface area contributed by atoms with E-state index in [0.29, 0.717) is 16.7 Å². The van der Waals surface area contributed by atoms with Crippen LogP contribution in [0.15, 0.2) is 59.5 Å². The zero-order valence-electron chi connectivity index (χ0n) is 14.6. The second-order valence-corrected chi connectivity index (χ2v) is 5.89. The highest BCUT2D eigenvalue weighted by molar-refractivity contribution is 5.84. The van der Waals surface area contributed by atoms with E-state index in [1.54, 1.807) is 36.4 Å². The van der Waals surface area contributed by atoms with Gasteiger partial charge in [0, 0.05) is 5.39 Å². The number of carbonyl (C=O) groups is 2. The van der Waals surface area contributed by atoms with Crippen LogP contribution >= 0.6 is 0 Å². The Balaban J connectivity index is 1.53. The number of rotatable bonds is 5. The third-order valence-electron chi connectivity index (χ3n) is 3.76. The minimum atomic E-state index is -0.498. The maximum absolute atomic E-state index is 12.1. The van der Waals surface area contributed by atoms with Gasteiger partial charge in [-0.05, 0) is 36.8 Å². The average molecular weight is 366 g/mol. The SMILES string of the molecule is Cc1cccc(OCC(=O)NNC(=O)Cn2ncc(=O)c3ccccc32)c1. The molecular weight excluding hydrogens is 348 g/mol. The molecule has 0 fully saturated rings. The van der Waals surface area contributed by atoms with Gasteiger partial charge in [-0.2, -0.15) is 5.10 Å². The number of ether oxygens (including phenoxy) is 1. The van der Waals surface area contributed by atoms with E-state index in [0.717, 1.165) is 11.8 Å². The molecule has 0 atom stereocenters. The molecular formula is C19H18N4O4. The second-order valence-electron chi connectivity index (χ2n) is 5.89. The number of hydrogen-bond donors (Lipinski definition) is 2. The van der Waals surface area contributed by atoms with Crippen molar-refractivity contribution in [2.45, 2.75) is 13.5 Å². The van der Waals surface area contributed by atoms with E-state index < -0.39 is 11.8 Å². The van der Waals surface area contributed by atoms with Gasteiger partial charge in [-0.25, -0.2) is 0 Å². The molecule has 0 saturated heterocycles. The molecule has 3 rings (SSSR count). The summed E-state index contributed by atoms with van der Waals surface area (Å²) >= 11 is 0. The van der Waals surface area contributed by atoms with Crippen LogP contribution in [0.4, 0.5) is 0 Å². The van der Waals surface area contributed by atoms with Gasteiger partial charge in [0.1, 0.15) is 12.3 Å². The van der Waals surface area contributed by atoms with Gasteiger partial charge in [0.15, 0.2) is 6.61 Å². The number of amides is 2. The molecule has 0 bridgehead atoms. The molecule has 8 heteroatoms. The summed E-state index contributed by atoms with van der Waals surface area (Å²) in [5, 5.41) is 4.43. The number of aryl methyl sites for hydroxylation is 1. The molecule has 0 aliphatic carbocycles. The van der Waals surface area contributed by atoms with Gasteiger partial charge in [0.05, 0.1) is 11.7 Å². The van der Waals surface area contributed by atoms with Crippen LogP contribution in [-0.4, -0.2) is 28.2 Å². The summed E-state index contributed by atoms with van der Waals surface area (Å²) in [7, 11) is 0. The first-order valence-corrected chi connectivity index (χ1v) is 8.25. The summed E-state index contributed by atoms with van der Waals surface area (Å²) in [5.41, 5.74) is 5.91. The fourth-order valence-electron chi connectivity index (χ4n) is 2.49. The highest BCUT2D eigenvalue weighted by Gasteiger charge is 2.09. The smallest absolute Gasteiger partial charge is 0.276 e. The maximum atomic E-state index is 12.1. The molecule has 138 valence electrons. The van der Waals surface area contributed by atoms with Crippen LogP contribution in [0.3, 0.4) is 0 Å². The molecule has 2 amide bonds. The quantitative estimate of drug-likeness (QED) is 0.654. The lowest BCUT2D eigenvalue weighted by atomic mass is 10.2. The molecule has 1 heterocycles. The molecule has 0 spiro atoms. The summed E-state index contributed by atoms with van der Waals surface area (Å²) in [4.78, 5) is 35.7. The Kier molecular flexibility index (Phi) is 5.46. The van der Waals surface area contributed by atoms with E-state index in [1.807, 2.05) is 19.1 Å². The predicted molar refractivity (Wildman–Crippen MR) is 99.0 cm³/mol. The number of fused-ring (bicyclic) bond motifs is 1. The normalized spacial score (nSPS) is 10.4. The van der Waals surface area contributed by atoms with E-state index in [1.165, 1.54) is 4.68 Å². The van der Waals surface area contributed by atoms with Crippen molar-refractivity contribution in [2.24, 2.45) is 0 Å². The third kappa shape index (κ3) is 4.69. The van der Waals surface area contributed by atoms with Crippen molar-refractivity contribution in [1.82, 2.24) is 20.6 Å². The van der Waals surface area contributed by atoms with Gasteiger partial charge in [0.25, 0.3) is 11.8 Å². The number of para-hydroxylation sites is 1. The first-order chi connectivity index (χ1) is 13.0. The monoisotopic (exact) mass is 366 g/mol. The number of hydrazine groups is 1. The first kappa shape index (κ1) is 18.1. The third-order valence-corrected chi connectivity index (χ3v) is 3.76. The summed E-state index contributed by atoms with van der Waals surface area (Å²) in [6.45, 7) is 1.53. The largest absolute Gasteiger partial charge is 0.484 e. The van der Waals surface area contributed by atoms with E-state index in [4.69, 9.17) is 4.74 Å². The van der Waals surface area contributed by atoms with E-state index in [-0.39, 0.29) is 18.6 Å². The Bertz CT molecular complexity index is 1050. The van der Waals surface area contributed by atoms with Crippen molar-refractivity contribution in [3.8, 4) is 5.75 Å². The minimum absolute atomic E-state index is 0.153. The maximum Gasteiger partial charge on any atom is 0.276 e. The lowest BCUT2D eigenvalue weighted by Gasteiger charge is -2.11. The minimum Gasteiger partial charge on any atom is -0.484 e. The van der Waals surface area contributed by atoms with Crippen LogP contribution < -0.4 is 21.0 Å². The van der Waals surface area contributed by atoms with Crippen molar-refractivity contribution < 1.29 is 14.3 Å². The van der Waals surface area contributed by atoms with Gasteiger partial charge in [-0.3, -0.25) is 29.9 Å². The zero-order valence-corrected chi connectivity index (χ0v) is 14.6. The Labute approximate surface area is 154 Å². The fourth-order valence-corrected chi connectivity index (χ4v) is 2.49. The summed E-state index contributed by atoms with van der Waals surface area (Å²) in [6.07, 6.45) is 1.16. The number of hydrogen-bond acceptors (Lipinski definition) is 5. The standard InChI is InChI=1S/C19H18N4O4/c1-13-5-4-6-14(9-13)27-12-19(26)22-21-18(25)11-23-16-8-3-2-7-15(16)17(24)10-20-23/h2-10H,11-12H2,1H3,(H,21,25)(H,22,26). The van der Waals surface area contributed by atoms with Crippen molar-refractivity contribution in [3.05, 3.63) is 70.5 Å². The van der Waals surface area contributed by atoms with Crippen molar-refractivity contribution >= 4 is 22.7 Å². The second kappa shape index (κ2) is 8.13. The lowest BCUT2D eigenvalue weighted by molar-refractivity contribution is -0.130. The van der Waals surface area contributed by atoms with E-state index in [2.05, 4.69) is 16.0 Å². The van der Waals surface area contributed by atoms with Gasteiger partial charge in [-0.1, -0.05) is 24.3 Å². The van der Waals surface area contributed by atoms with Crippen LogP contribution in [0.25, 0.3) is 10.9 Å². The lowest BCUT2D eigenvalue weighted by Crippen LogP contribution is -2.45. The van der Waals surface area contributed by atoms with E-state index >= 15 is 0 Å². The number of nitrogens with one attached hydrogen (secondary N) is 2. The van der Waals surface area contributed by atoms with Crippen LogP contribution in [0.5, 0.6) is 5.75 Å². The van der Waals surface area contributed by atoms with Crippen LogP contribution in [0, 0.1) is 6.92 Å². The molecule has 1 aromatic heterocycles. The molecule has 3 aromatic rings. The first-order valence-electron chi connectivity index (χ1n) is 8.25. The Morgan fingerprint density at radius 2 is 1.85 bits per heavy atom. The number of aromatic nitrogens is 2. The Morgan fingerprint density at radius 3 is 2.67 bits per heavy atom. The number of carbonyl (C=O) groups excluding carboxylic acids is 2. The predicted octanol–water partition coefficient (Wildman–Crippen LogP) is 0.931. The van der Waals surface area contributed by atoms with Gasteiger partial charge >= 0.3 is 0 Å². The molecule has 0 aliphatic rings. The zero-order chi connectivity index (χ0) is 19.2. The average Bonchev–Trinajstić information content (AvgIpc) is 2.67. The summed E-state index contributed by atoms with van der Waals surface area (Å²) in [5.74, 6) is -0.414. The van der Waals surface area contributed by atoms with Gasteiger partial charge in [0.2, 0.25) is 5.43 Å². The van der Waals surface area contributed by atoms with Crippen molar-refractivity contribution in [1.29, 1.82) is 0 Å². The fraction of sp³-hybridized carbons (Fsp3) is 0.158. The molecule has 27 heavy (non-hydrogen) atoms. The highest BCUT2D eigenvalue weighted by Crippen LogP contribution is 2.11. The van der Waals surface area contributed by atoms with Crippen molar-refractivity contribution in [2.75, 3.05) is 6.61 Å². The number of nitrogens with zero attached hydrogens (tertiary/aromatic N) is 2. The highest BCUT2D eigenvalue weighted by atomic mass is 16.5. The van der Waals surface area contributed by atoms with Crippen LogP contribution in [0.1, 0.15) is 5.56 Å². The number of benzene rings is 2. The topological polar surface area (TPSA) is 102 Å². The molecule has 2 aromatic carbocycles. The molecule has 8 nitrogen and oxygen atoms in total. The van der Waals surface area contributed by atoms with E-state index in [9.17, 15) is 14.4 Å². The Morgan fingerprint density at radius 1 is 1.07 bits per heavy atom. The molecule has 2 N–H and O–H groups in total. The van der Waals surface area contributed by atoms with Crippen LogP contribution in [0.2, 0.25) is 0 Å². The van der Waals surface area contributed by atoms with Crippen molar-refractivity contribution in [3.63, 3.8) is 0 Å². The Hall–Kier alpha value is -3.68. The van der Waals surface area contributed by atoms with Gasteiger partial charge < -0.3 is 4.74 Å². The molecule has 0 aliphatic heterocycles. The van der Waals surface area contributed by atoms with Crippen LogP contribution in [-0.2, 0) is 16.1 Å². The molecule has 0 unspecified atom stereocenters. The summed E-state index contributed by atoms with van der Waals surface area (Å²) < 4.78 is 6.74. The molecule has 0 saturated carbocycles. The van der Waals surface area contributed by atoms with Gasteiger partial charge in [-0.15, -0.1) is 0 Å².